The number of anilines is 2. The predicted octanol–water partition coefficient (Wildman–Crippen LogP) is 1.85. The summed E-state index contributed by atoms with van der Waals surface area (Å²) in [6.45, 7) is 6.42. The zero-order valence-corrected chi connectivity index (χ0v) is 11.0. The Labute approximate surface area is 108 Å². The van der Waals surface area contributed by atoms with Gasteiger partial charge in [-0.25, -0.2) is 0 Å². The molecular formula is C14H21N3O. The van der Waals surface area contributed by atoms with Crippen molar-refractivity contribution in [3.63, 3.8) is 0 Å². The van der Waals surface area contributed by atoms with E-state index in [4.69, 9.17) is 11.5 Å². The lowest BCUT2D eigenvalue weighted by molar-refractivity contribution is 0.100. The Morgan fingerprint density at radius 3 is 2.72 bits per heavy atom. The van der Waals surface area contributed by atoms with Crippen molar-refractivity contribution in [1.29, 1.82) is 0 Å². The van der Waals surface area contributed by atoms with Crippen molar-refractivity contribution in [3.8, 4) is 0 Å². The number of nitrogens with zero attached hydrogens (tertiary/aromatic N) is 1. The summed E-state index contributed by atoms with van der Waals surface area (Å²) in [5.74, 6) is 0.943. The van der Waals surface area contributed by atoms with Gasteiger partial charge in [0, 0.05) is 18.8 Å². The molecule has 0 radical (unpaired) electrons. The van der Waals surface area contributed by atoms with E-state index in [2.05, 4.69) is 18.7 Å². The molecule has 1 aromatic carbocycles. The van der Waals surface area contributed by atoms with Crippen LogP contribution in [0.4, 0.5) is 11.4 Å². The van der Waals surface area contributed by atoms with Crippen LogP contribution in [0.3, 0.4) is 0 Å². The molecule has 0 aromatic heterocycles. The van der Waals surface area contributed by atoms with Crippen LogP contribution in [0.1, 0.15) is 30.6 Å². The second-order valence-corrected chi connectivity index (χ2v) is 5.38. The molecule has 18 heavy (non-hydrogen) atoms. The number of benzene rings is 1. The van der Waals surface area contributed by atoms with Crippen molar-refractivity contribution in [2.24, 2.45) is 17.6 Å². The molecular weight excluding hydrogens is 226 g/mol. The molecule has 1 aliphatic heterocycles. The van der Waals surface area contributed by atoms with E-state index in [1.807, 2.05) is 6.07 Å². The molecule has 0 aliphatic carbocycles. The first kappa shape index (κ1) is 12.7. The summed E-state index contributed by atoms with van der Waals surface area (Å²) in [4.78, 5) is 13.7. The Morgan fingerprint density at radius 2 is 2.17 bits per heavy atom. The fourth-order valence-corrected chi connectivity index (χ4v) is 2.57. The molecule has 2 rings (SSSR count). The molecule has 0 saturated carbocycles. The number of nitrogen functional groups attached to an aromatic ring is 1. The largest absolute Gasteiger partial charge is 0.399 e. The van der Waals surface area contributed by atoms with Crippen LogP contribution in [0.5, 0.6) is 0 Å². The van der Waals surface area contributed by atoms with Crippen LogP contribution in [0.25, 0.3) is 0 Å². The summed E-state index contributed by atoms with van der Waals surface area (Å²) in [7, 11) is 0. The Balaban J connectivity index is 2.28. The first-order valence-electron chi connectivity index (χ1n) is 6.43. The molecule has 0 bridgehead atoms. The minimum absolute atomic E-state index is 0.391. The van der Waals surface area contributed by atoms with Crippen molar-refractivity contribution in [2.45, 2.75) is 20.3 Å². The van der Waals surface area contributed by atoms with Crippen molar-refractivity contribution in [1.82, 2.24) is 0 Å². The van der Waals surface area contributed by atoms with Gasteiger partial charge < -0.3 is 16.4 Å². The number of carbonyl (C=O) groups is 1. The number of hydrogen-bond donors (Lipinski definition) is 2. The molecule has 1 heterocycles. The van der Waals surface area contributed by atoms with Crippen LogP contribution in [-0.2, 0) is 0 Å². The smallest absolute Gasteiger partial charge is 0.250 e. The highest BCUT2D eigenvalue weighted by Gasteiger charge is 2.27. The Bertz CT molecular complexity index is 456. The molecule has 1 atom stereocenters. The van der Waals surface area contributed by atoms with E-state index in [1.54, 1.807) is 12.1 Å². The zero-order valence-electron chi connectivity index (χ0n) is 11.0. The van der Waals surface area contributed by atoms with E-state index < -0.39 is 5.91 Å². The van der Waals surface area contributed by atoms with Crippen molar-refractivity contribution in [3.05, 3.63) is 23.8 Å². The Morgan fingerprint density at radius 1 is 1.44 bits per heavy atom. The number of rotatable bonds is 3. The summed E-state index contributed by atoms with van der Waals surface area (Å²) in [5.41, 5.74) is 13.3. The molecule has 1 unspecified atom stereocenters. The van der Waals surface area contributed by atoms with Crippen LogP contribution in [0.2, 0.25) is 0 Å². The van der Waals surface area contributed by atoms with Gasteiger partial charge >= 0.3 is 0 Å². The highest BCUT2D eigenvalue weighted by Crippen LogP contribution is 2.31. The van der Waals surface area contributed by atoms with Crippen LogP contribution < -0.4 is 16.4 Å². The average Bonchev–Trinajstić information content (AvgIpc) is 2.77. The van der Waals surface area contributed by atoms with Crippen LogP contribution in [0.15, 0.2) is 18.2 Å². The summed E-state index contributed by atoms with van der Waals surface area (Å²) >= 11 is 0. The fraction of sp³-hybridized carbons (Fsp3) is 0.500. The van der Waals surface area contributed by atoms with Gasteiger partial charge in [-0.3, -0.25) is 4.79 Å². The topological polar surface area (TPSA) is 72.3 Å². The molecule has 1 fully saturated rings. The van der Waals surface area contributed by atoms with E-state index >= 15 is 0 Å². The van der Waals surface area contributed by atoms with E-state index in [-0.39, 0.29) is 0 Å². The van der Waals surface area contributed by atoms with Crippen molar-refractivity contribution < 1.29 is 4.79 Å². The summed E-state index contributed by atoms with van der Waals surface area (Å²) < 4.78 is 0. The second-order valence-electron chi connectivity index (χ2n) is 5.38. The van der Waals surface area contributed by atoms with Gasteiger partial charge in [-0.2, -0.15) is 0 Å². The maximum atomic E-state index is 11.5. The minimum atomic E-state index is -0.391. The van der Waals surface area contributed by atoms with E-state index in [0.717, 1.165) is 25.2 Å². The maximum absolute atomic E-state index is 11.5. The first-order valence-corrected chi connectivity index (χ1v) is 6.43. The van der Waals surface area contributed by atoms with Gasteiger partial charge in [0.1, 0.15) is 0 Å². The minimum Gasteiger partial charge on any atom is -0.399 e. The highest BCUT2D eigenvalue weighted by molar-refractivity contribution is 5.99. The molecule has 4 N–H and O–H groups in total. The van der Waals surface area contributed by atoms with E-state index in [0.29, 0.717) is 23.1 Å². The molecule has 1 saturated heterocycles. The van der Waals surface area contributed by atoms with E-state index in [1.165, 1.54) is 0 Å². The molecule has 0 spiro atoms. The lowest BCUT2D eigenvalue weighted by atomic mass is 9.95. The Kier molecular flexibility index (Phi) is 3.45. The third-order valence-electron chi connectivity index (χ3n) is 3.80. The predicted molar refractivity (Wildman–Crippen MR) is 74.5 cm³/mol. The summed E-state index contributed by atoms with van der Waals surface area (Å²) in [6, 6.07) is 5.29. The molecule has 1 aliphatic rings. The SMILES string of the molecule is CC(C)C1CCN(c2cc(N)ccc2C(N)=O)C1. The van der Waals surface area contributed by atoms with Gasteiger partial charge in [0.15, 0.2) is 0 Å². The number of hydrogen-bond acceptors (Lipinski definition) is 3. The number of nitrogens with two attached hydrogens (primary N) is 2. The van der Waals surface area contributed by atoms with Gasteiger partial charge in [0.05, 0.1) is 11.3 Å². The Hall–Kier alpha value is -1.71. The fourth-order valence-electron chi connectivity index (χ4n) is 2.57. The molecule has 1 amide bonds. The normalized spacial score (nSPS) is 19.5. The quantitative estimate of drug-likeness (QED) is 0.801. The number of primary amides is 1. The molecule has 98 valence electrons. The van der Waals surface area contributed by atoms with Crippen LogP contribution >= 0.6 is 0 Å². The molecule has 1 aromatic rings. The van der Waals surface area contributed by atoms with Gasteiger partial charge in [0.25, 0.3) is 5.91 Å². The summed E-state index contributed by atoms with van der Waals surface area (Å²) in [5, 5.41) is 0. The van der Waals surface area contributed by atoms with Gasteiger partial charge in [0.2, 0.25) is 0 Å². The van der Waals surface area contributed by atoms with E-state index in [9.17, 15) is 4.79 Å². The molecule has 4 nitrogen and oxygen atoms in total. The standard InChI is InChI=1S/C14H21N3O/c1-9(2)10-5-6-17(8-10)13-7-11(15)3-4-12(13)14(16)18/h3-4,7,9-10H,5-6,8,15H2,1-2H3,(H2,16,18). The van der Waals surface area contributed by atoms with Crippen LogP contribution in [0, 0.1) is 11.8 Å². The lowest BCUT2D eigenvalue weighted by Gasteiger charge is -2.22. The lowest BCUT2D eigenvalue weighted by Crippen LogP contribution is -2.25. The van der Waals surface area contributed by atoms with Crippen molar-refractivity contribution >= 4 is 17.3 Å². The number of amides is 1. The highest BCUT2D eigenvalue weighted by atomic mass is 16.1. The third kappa shape index (κ3) is 2.42. The average molecular weight is 247 g/mol. The zero-order chi connectivity index (χ0) is 13.3. The molecule has 4 heteroatoms. The third-order valence-corrected chi connectivity index (χ3v) is 3.80. The second kappa shape index (κ2) is 4.88. The number of carbonyl (C=O) groups excluding carboxylic acids is 1. The van der Waals surface area contributed by atoms with Gasteiger partial charge in [-0.15, -0.1) is 0 Å². The summed E-state index contributed by atoms with van der Waals surface area (Å²) in [6.07, 6.45) is 1.16. The maximum Gasteiger partial charge on any atom is 0.250 e. The monoisotopic (exact) mass is 247 g/mol. The first-order chi connectivity index (χ1) is 8.49. The van der Waals surface area contributed by atoms with Gasteiger partial charge in [-0.1, -0.05) is 13.8 Å². The van der Waals surface area contributed by atoms with Gasteiger partial charge in [-0.05, 0) is 36.5 Å². The van der Waals surface area contributed by atoms with Crippen LogP contribution in [-0.4, -0.2) is 19.0 Å². The van der Waals surface area contributed by atoms with Crippen molar-refractivity contribution in [2.75, 3.05) is 23.7 Å².